The quantitative estimate of drug-likeness (QED) is 0.805. The fourth-order valence-corrected chi connectivity index (χ4v) is 3.62. The summed E-state index contributed by atoms with van der Waals surface area (Å²) in [5.74, 6) is -0.369. The van der Waals surface area contributed by atoms with Gasteiger partial charge in [0, 0.05) is 16.1 Å². The van der Waals surface area contributed by atoms with E-state index in [0.717, 1.165) is 0 Å². The van der Waals surface area contributed by atoms with Gasteiger partial charge in [0.05, 0.1) is 0 Å². The van der Waals surface area contributed by atoms with Crippen LogP contribution in [-0.2, 0) is 10.0 Å². The van der Waals surface area contributed by atoms with Gasteiger partial charge in [0.15, 0.2) is 0 Å². The molecule has 0 fully saturated rings. The van der Waals surface area contributed by atoms with E-state index in [1.807, 2.05) is 0 Å². The Labute approximate surface area is 139 Å². The maximum absolute atomic E-state index is 11.9. The van der Waals surface area contributed by atoms with E-state index < -0.39 is 15.3 Å². The first-order chi connectivity index (χ1) is 9.68. The van der Waals surface area contributed by atoms with Crippen LogP contribution in [0.2, 0.25) is 10.0 Å². The lowest BCUT2D eigenvalue weighted by atomic mass is 10.1. The lowest BCUT2D eigenvalue weighted by Gasteiger charge is -2.16. The third-order valence-corrected chi connectivity index (χ3v) is 4.51. The van der Waals surface area contributed by atoms with Crippen LogP contribution < -0.4 is 5.14 Å². The van der Waals surface area contributed by atoms with Gasteiger partial charge in [0.25, 0.3) is 0 Å². The highest BCUT2D eigenvalue weighted by Gasteiger charge is 2.31. The van der Waals surface area contributed by atoms with Crippen molar-refractivity contribution in [2.24, 2.45) is 5.14 Å². The molecule has 21 heavy (non-hydrogen) atoms. The molecule has 1 atom stereocenters. The summed E-state index contributed by atoms with van der Waals surface area (Å²) in [5.41, 5.74) is -0.0269. The summed E-state index contributed by atoms with van der Waals surface area (Å²) in [4.78, 5) is 0. The van der Waals surface area contributed by atoms with Gasteiger partial charge in [0.2, 0.25) is 10.0 Å². The lowest BCUT2D eigenvalue weighted by molar-refractivity contribution is 0.460. The highest BCUT2D eigenvalue weighted by molar-refractivity contribution is 9.10. The highest BCUT2D eigenvalue weighted by atomic mass is 79.9. The summed E-state index contributed by atoms with van der Waals surface area (Å²) in [6, 6.07) is 5.42. The topological polar surface area (TPSA) is 106 Å². The van der Waals surface area contributed by atoms with Crippen molar-refractivity contribution >= 4 is 49.2 Å². The van der Waals surface area contributed by atoms with Crippen molar-refractivity contribution in [3.63, 3.8) is 0 Å². The van der Waals surface area contributed by atoms with Gasteiger partial charge < -0.3 is 5.11 Å². The number of benzene rings is 1. The maximum Gasteiger partial charge on any atom is 0.222 e. The third-order valence-electron chi connectivity index (χ3n) is 2.54. The van der Waals surface area contributed by atoms with Gasteiger partial charge in [0.1, 0.15) is 21.3 Å². The van der Waals surface area contributed by atoms with Gasteiger partial charge >= 0.3 is 0 Å². The first-order valence-corrected chi connectivity index (χ1v) is 8.54. The Kier molecular flexibility index (Phi) is 4.74. The molecule has 1 aromatic heterocycles. The van der Waals surface area contributed by atoms with E-state index in [9.17, 15) is 13.5 Å². The summed E-state index contributed by atoms with van der Waals surface area (Å²) in [7, 11) is -4.13. The minimum Gasteiger partial charge on any atom is -0.506 e. The van der Waals surface area contributed by atoms with Gasteiger partial charge in [-0.25, -0.2) is 13.6 Å². The minimum absolute atomic E-state index is 0.182. The van der Waals surface area contributed by atoms with Crippen LogP contribution in [0.4, 0.5) is 0 Å². The molecule has 0 saturated heterocycles. The van der Waals surface area contributed by atoms with Crippen LogP contribution in [-0.4, -0.2) is 23.7 Å². The monoisotopic (exact) mass is 411 g/mol. The Hall–Kier alpha value is -0.930. The summed E-state index contributed by atoms with van der Waals surface area (Å²) in [6.45, 7) is 0. The normalized spacial score (nSPS) is 13.1. The molecular formula is C11H8BrCl2N3O3S. The molecule has 0 aliphatic carbocycles. The molecule has 3 N–H and O–H groups in total. The van der Waals surface area contributed by atoms with E-state index in [4.69, 9.17) is 28.3 Å². The zero-order valence-electron chi connectivity index (χ0n) is 10.2. The Morgan fingerprint density at radius 1 is 1.14 bits per heavy atom. The number of nitrogens with two attached hydrogens (primary N) is 1. The molecule has 0 spiro atoms. The second kappa shape index (κ2) is 6.05. The molecule has 112 valence electrons. The fourth-order valence-electron chi connectivity index (χ4n) is 1.78. The number of halogens is 3. The van der Waals surface area contributed by atoms with Crippen LogP contribution in [0.1, 0.15) is 16.5 Å². The number of aromatic hydroxyl groups is 1. The zero-order valence-corrected chi connectivity index (χ0v) is 14.1. The summed E-state index contributed by atoms with van der Waals surface area (Å²) in [5, 5.41) is 21.5. The van der Waals surface area contributed by atoms with Crippen LogP contribution in [0, 0.1) is 0 Å². The number of hydrogen-bond donors (Lipinski definition) is 2. The largest absolute Gasteiger partial charge is 0.506 e. The predicted molar refractivity (Wildman–Crippen MR) is 82.8 cm³/mol. The number of sulfonamides is 1. The van der Waals surface area contributed by atoms with Crippen molar-refractivity contribution < 1.29 is 13.5 Å². The van der Waals surface area contributed by atoms with Crippen LogP contribution in [0.15, 0.2) is 28.9 Å². The van der Waals surface area contributed by atoms with Crippen molar-refractivity contribution in [1.29, 1.82) is 0 Å². The molecule has 0 bridgehead atoms. The zero-order chi connectivity index (χ0) is 15.8. The van der Waals surface area contributed by atoms with Crippen LogP contribution >= 0.6 is 39.1 Å². The number of rotatable bonds is 3. The van der Waals surface area contributed by atoms with Gasteiger partial charge in [-0.3, -0.25) is 0 Å². The average Bonchev–Trinajstić information content (AvgIpc) is 2.29. The van der Waals surface area contributed by atoms with Crippen LogP contribution in [0.25, 0.3) is 0 Å². The molecule has 0 aliphatic rings. The summed E-state index contributed by atoms with van der Waals surface area (Å²) >= 11 is 14.8. The van der Waals surface area contributed by atoms with E-state index in [0.29, 0.717) is 0 Å². The van der Waals surface area contributed by atoms with E-state index in [1.54, 1.807) is 0 Å². The van der Waals surface area contributed by atoms with Crippen molar-refractivity contribution in [2.75, 3.05) is 0 Å². The molecule has 0 aliphatic heterocycles. The molecule has 6 nitrogen and oxygen atoms in total. The number of nitrogens with zero attached hydrogens (tertiary/aromatic N) is 2. The molecule has 10 heteroatoms. The Balaban J connectivity index is 2.70. The van der Waals surface area contributed by atoms with Crippen molar-refractivity contribution in [1.82, 2.24) is 10.2 Å². The van der Waals surface area contributed by atoms with E-state index in [2.05, 4.69) is 26.1 Å². The summed E-state index contributed by atoms with van der Waals surface area (Å²) < 4.78 is 24.0. The maximum atomic E-state index is 11.9. The Morgan fingerprint density at radius 3 is 2.19 bits per heavy atom. The Morgan fingerprint density at radius 2 is 1.71 bits per heavy atom. The predicted octanol–water partition coefficient (Wildman–Crippen LogP) is 2.63. The Bertz CT molecular complexity index is 781. The first-order valence-electron chi connectivity index (χ1n) is 5.38. The molecule has 2 aromatic rings. The molecule has 1 aromatic carbocycles. The molecule has 0 amide bonds. The highest BCUT2D eigenvalue weighted by Crippen LogP contribution is 2.35. The minimum atomic E-state index is -4.13. The smallest absolute Gasteiger partial charge is 0.222 e. The van der Waals surface area contributed by atoms with Gasteiger partial charge in [-0.2, -0.15) is 0 Å². The fraction of sp³-hybridized carbons (Fsp3) is 0.0909. The van der Waals surface area contributed by atoms with Gasteiger partial charge in [-0.15, -0.1) is 10.2 Å². The second-order valence-electron chi connectivity index (χ2n) is 4.11. The molecule has 1 unspecified atom stereocenters. The standard InChI is InChI=1S/C11H8BrCl2N3O3S/c12-9-4-8(18)10(17-16-9)11(21(15,19)20)5-1-6(13)3-7(14)2-5/h1-4,11H,(H,16,18)(H2,15,19,20). The summed E-state index contributed by atoms with van der Waals surface area (Å²) in [6.07, 6.45) is 0. The molecule has 2 rings (SSSR count). The number of aromatic nitrogens is 2. The van der Waals surface area contributed by atoms with Crippen molar-refractivity contribution in [2.45, 2.75) is 5.25 Å². The lowest BCUT2D eigenvalue weighted by Crippen LogP contribution is -2.24. The van der Waals surface area contributed by atoms with Crippen LogP contribution in [0.5, 0.6) is 5.75 Å². The van der Waals surface area contributed by atoms with E-state index >= 15 is 0 Å². The van der Waals surface area contributed by atoms with E-state index in [-0.39, 0.29) is 31.7 Å². The van der Waals surface area contributed by atoms with Gasteiger partial charge in [-0.05, 0) is 39.7 Å². The molecule has 0 saturated carbocycles. The number of primary sulfonamides is 1. The first kappa shape index (κ1) is 16.4. The molecular weight excluding hydrogens is 405 g/mol. The van der Waals surface area contributed by atoms with E-state index in [1.165, 1.54) is 24.3 Å². The van der Waals surface area contributed by atoms with Crippen molar-refractivity contribution in [3.05, 3.63) is 50.2 Å². The molecule has 1 heterocycles. The molecule has 0 radical (unpaired) electrons. The number of hydrogen-bond acceptors (Lipinski definition) is 5. The van der Waals surface area contributed by atoms with Crippen molar-refractivity contribution in [3.8, 4) is 5.75 Å². The second-order valence-corrected chi connectivity index (χ2v) is 7.44. The average molecular weight is 413 g/mol. The SMILES string of the molecule is NS(=O)(=O)C(c1cc(Cl)cc(Cl)c1)c1nnc(Br)cc1O. The van der Waals surface area contributed by atoms with Crippen LogP contribution in [0.3, 0.4) is 0 Å². The van der Waals surface area contributed by atoms with Gasteiger partial charge in [-0.1, -0.05) is 23.2 Å². The third kappa shape index (κ3) is 3.83.